The van der Waals surface area contributed by atoms with Crippen molar-refractivity contribution in [3.05, 3.63) is 64.2 Å². The molecule has 2 aromatic rings. The third kappa shape index (κ3) is 4.31. The van der Waals surface area contributed by atoms with Crippen LogP contribution in [0, 0.1) is 10.1 Å². The lowest BCUT2D eigenvalue weighted by molar-refractivity contribution is -0.384. The number of nitro benzene ring substituents is 1. The fraction of sp³-hybridized carbons (Fsp3) is 0.176. The van der Waals surface area contributed by atoms with Gasteiger partial charge in [-0.05, 0) is 25.1 Å². The van der Waals surface area contributed by atoms with Crippen LogP contribution >= 0.6 is 0 Å². The number of para-hydroxylation sites is 1. The Morgan fingerprint density at radius 1 is 1.20 bits per heavy atom. The van der Waals surface area contributed by atoms with E-state index in [9.17, 15) is 19.7 Å². The molecular weight excluding hydrogens is 326 g/mol. The molecule has 0 aliphatic carbocycles. The highest BCUT2D eigenvalue weighted by molar-refractivity contribution is 5.99. The van der Waals surface area contributed by atoms with Crippen molar-refractivity contribution in [3.8, 4) is 0 Å². The summed E-state index contributed by atoms with van der Waals surface area (Å²) in [6.45, 7) is 1.70. The number of ether oxygens (including phenoxy) is 1. The number of nitrogen functional groups attached to an aromatic ring is 1. The Kier molecular flexibility index (Phi) is 5.67. The quantitative estimate of drug-likeness (QED) is 0.372. The molecule has 0 radical (unpaired) electrons. The van der Waals surface area contributed by atoms with E-state index in [4.69, 9.17) is 10.5 Å². The number of non-ortho nitro benzene ring substituents is 1. The molecule has 0 bridgehead atoms. The van der Waals surface area contributed by atoms with Gasteiger partial charge in [0, 0.05) is 30.1 Å². The first-order valence-electron chi connectivity index (χ1n) is 7.50. The van der Waals surface area contributed by atoms with Gasteiger partial charge in [-0.15, -0.1) is 0 Å². The van der Waals surface area contributed by atoms with Gasteiger partial charge in [0.05, 0.1) is 10.5 Å². The van der Waals surface area contributed by atoms with E-state index in [0.29, 0.717) is 12.2 Å². The summed E-state index contributed by atoms with van der Waals surface area (Å²) < 4.78 is 4.98. The van der Waals surface area contributed by atoms with Crippen molar-refractivity contribution < 1.29 is 19.2 Å². The zero-order chi connectivity index (χ0) is 18.4. The number of esters is 1. The number of carbonyl (C=O) groups is 2. The van der Waals surface area contributed by atoms with E-state index >= 15 is 0 Å². The number of benzene rings is 2. The summed E-state index contributed by atoms with van der Waals surface area (Å²) in [5.74, 6) is -1.30. The van der Waals surface area contributed by atoms with Gasteiger partial charge in [0.1, 0.15) is 0 Å². The fourth-order valence-electron chi connectivity index (χ4n) is 2.23. The van der Waals surface area contributed by atoms with E-state index in [2.05, 4.69) is 0 Å². The van der Waals surface area contributed by atoms with Crippen molar-refractivity contribution in [2.24, 2.45) is 0 Å². The van der Waals surface area contributed by atoms with Gasteiger partial charge in [-0.2, -0.15) is 0 Å². The maximum atomic E-state index is 12.3. The lowest BCUT2D eigenvalue weighted by Crippen LogP contribution is -2.34. The Hall–Kier alpha value is -3.42. The van der Waals surface area contributed by atoms with Crippen LogP contribution in [0.4, 0.5) is 17.1 Å². The van der Waals surface area contributed by atoms with Gasteiger partial charge in [-0.3, -0.25) is 14.9 Å². The zero-order valence-electron chi connectivity index (χ0n) is 13.5. The molecule has 0 aliphatic heterocycles. The predicted octanol–water partition coefficient (Wildman–Crippen LogP) is 2.39. The first-order chi connectivity index (χ1) is 11.9. The molecule has 0 heterocycles. The van der Waals surface area contributed by atoms with Crippen LogP contribution in [0.3, 0.4) is 0 Å². The van der Waals surface area contributed by atoms with Crippen LogP contribution in [-0.4, -0.2) is 30.0 Å². The average Bonchev–Trinajstić information content (AvgIpc) is 2.61. The summed E-state index contributed by atoms with van der Waals surface area (Å²) in [6.07, 6.45) is 0. The van der Waals surface area contributed by atoms with Crippen LogP contribution < -0.4 is 10.6 Å². The molecule has 0 unspecified atom stereocenters. The molecular formula is C17H17N3O5. The largest absolute Gasteiger partial charge is 0.452 e. The van der Waals surface area contributed by atoms with Crippen molar-refractivity contribution >= 4 is 28.9 Å². The number of nitro groups is 1. The predicted molar refractivity (Wildman–Crippen MR) is 92.3 cm³/mol. The van der Waals surface area contributed by atoms with E-state index in [1.165, 1.54) is 17.0 Å². The highest BCUT2D eigenvalue weighted by Gasteiger charge is 2.20. The molecule has 25 heavy (non-hydrogen) atoms. The SMILES string of the molecule is CCN(C(=O)COC(=O)c1cc([N+](=O)[O-])ccc1N)c1ccccc1. The zero-order valence-corrected chi connectivity index (χ0v) is 13.5. The number of carbonyl (C=O) groups excluding carboxylic acids is 2. The molecule has 0 aromatic heterocycles. The number of rotatable bonds is 6. The molecule has 0 aliphatic rings. The van der Waals surface area contributed by atoms with Crippen LogP contribution in [0.25, 0.3) is 0 Å². The van der Waals surface area contributed by atoms with Crippen LogP contribution in [0.5, 0.6) is 0 Å². The van der Waals surface area contributed by atoms with Crippen molar-refractivity contribution in [2.75, 3.05) is 23.8 Å². The maximum absolute atomic E-state index is 12.3. The van der Waals surface area contributed by atoms with E-state index in [0.717, 1.165) is 6.07 Å². The van der Waals surface area contributed by atoms with Crippen molar-refractivity contribution in [3.63, 3.8) is 0 Å². The lowest BCUT2D eigenvalue weighted by atomic mass is 10.1. The van der Waals surface area contributed by atoms with Crippen molar-refractivity contribution in [2.45, 2.75) is 6.92 Å². The van der Waals surface area contributed by atoms with E-state index in [1.807, 2.05) is 6.07 Å². The molecule has 2 N–H and O–H groups in total. The summed E-state index contributed by atoms with van der Waals surface area (Å²) in [5.41, 5.74) is 5.94. The number of nitrogens with zero attached hydrogens (tertiary/aromatic N) is 2. The Morgan fingerprint density at radius 2 is 1.88 bits per heavy atom. The second-order valence-electron chi connectivity index (χ2n) is 5.08. The van der Waals surface area contributed by atoms with Gasteiger partial charge < -0.3 is 15.4 Å². The number of likely N-dealkylation sites (N-methyl/N-ethyl adjacent to an activating group) is 1. The van der Waals surface area contributed by atoms with E-state index < -0.39 is 23.4 Å². The summed E-state index contributed by atoms with van der Waals surface area (Å²) in [6, 6.07) is 12.4. The van der Waals surface area contributed by atoms with Gasteiger partial charge in [0.15, 0.2) is 6.61 Å². The molecule has 0 saturated heterocycles. The Morgan fingerprint density at radius 3 is 2.48 bits per heavy atom. The summed E-state index contributed by atoms with van der Waals surface area (Å²) in [4.78, 5) is 36.0. The van der Waals surface area contributed by atoms with E-state index in [1.54, 1.807) is 31.2 Å². The number of amides is 1. The molecule has 0 spiro atoms. The lowest BCUT2D eigenvalue weighted by Gasteiger charge is -2.20. The number of hydrogen-bond acceptors (Lipinski definition) is 6. The standard InChI is InChI=1S/C17H17N3O5/c1-2-19(12-6-4-3-5-7-12)16(21)11-25-17(22)14-10-13(20(23)24)8-9-15(14)18/h3-10H,2,11,18H2,1H3. The van der Waals surface area contributed by atoms with Crippen LogP contribution in [0.1, 0.15) is 17.3 Å². The number of anilines is 2. The molecule has 2 rings (SSSR count). The minimum Gasteiger partial charge on any atom is -0.452 e. The van der Waals surface area contributed by atoms with Crippen LogP contribution in [0.2, 0.25) is 0 Å². The summed E-state index contributed by atoms with van der Waals surface area (Å²) in [5, 5.41) is 10.8. The molecule has 8 nitrogen and oxygen atoms in total. The fourth-order valence-corrected chi connectivity index (χ4v) is 2.23. The summed E-state index contributed by atoms with van der Waals surface area (Å²) in [7, 11) is 0. The van der Waals surface area contributed by atoms with Gasteiger partial charge in [-0.1, -0.05) is 18.2 Å². The Bertz CT molecular complexity index is 792. The maximum Gasteiger partial charge on any atom is 0.341 e. The second kappa shape index (κ2) is 7.91. The Balaban J connectivity index is 2.08. The molecule has 130 valence electrons. The minimum absolute atomic E-state index is 0.0402. The normalized spacial score (nSPS) is 10.1. The number of hydrogen-bond donors (Lipinski definition) is 1. The average molecular weight is 343 g/mol. The second-order valence-corrected chi connectivity index (χ2v) is 5.08. The first-order valence-corrected chi connectivity index (χ1v) is 7.50. The van der Waals surface area contributed by atoms with Crippen molar-refractivity contribution in [1.82, 2.24) is 0 Å². The third-order valence-electron chi connectivity index (χ3n) is 3.48. The Labute approximate surface area is 144 Å². The number of nitrogens with two attached hydrogens (primary N) is 1. The molecule has 2 aromatic carbocycles. The molecule has 0 fully saturated rings. The molecule has 0 saturated carbocycles. The highest BCUT2D eigenvalue weighted by atomic mass is 16.6. The topological polar surface area (TPSA) is 116 Å². The molecule has 0 atom stereocenters. The van der Waals surface area contributed by atoms with Crippen LogP contribution in [0.15, 0.2) is 48.5 Å². The minimum atomic E-state index is -0.890. The molecule has 8 heteroatoms. The summed E-state index contributed by atoms with van der Waals surface area (Å²) >= 11 is 0. The molecule has 1 amide bonds. The van der Waals surface area contributed by atoms with Gasteiger partial charge >= 0.3 is 5.97 Å². The first kappa shape index (κ1) is 17.9. The van der Waals surface area contributed by atoms with Gasteiger partial charge in [0.2, 0.25) is 0 Å². The van der Waals surface area contributed by atoms with Crippen LogP contribution in [-0.2, 0) is 9.53 Å². The highest BCUT2D eigenvalue weighted by Crippen LogP contribution is 2.20. The smallest absolute Gasteiger partial charge is 0.341 e. The monoisotopic (exact) mass is 343 g/mol. The van der Waals surface area contributed by atoms with Crippen molar-refractivity contribution in [1.29, 1.82) is 0 Å². The third-order valence-corrected chi connectivity index (χ3v) is 3.48. The van der Waals surface area contributed by atoms with E-state index in [-0.39, 0.29) is 16.9 Å². The van der Waals surface area contributed by atoms with Gasteiger partial charge in [-0.25, -0.2) is 4.79 Å². The van der Waals surface area contributed by atoms with Gasteiger partial charge in [0.25, 0.3) is 11.6 Å².